The molecule has 0 aromatic rings. The van der Waals surface area contributed by atoms with Crippen LogP contribution in [0.1, 0.15) is 44.9 Å². The van der Waals surface area contributed by atoms with Crippen LogP contribution in [0.2, 0.25) is 0 Å². The normalized spacial score (nSPS) is 20.4. The quantitative estimate of drug-likeness (QED) is 0.445. The van der Waals surface area contributed by atoms with Gasteiger partial charge >= 0.3 is 5.97 Å². The summed E-state index contributed by atoms with van der Waals surface area (Å²) in [5.41, 5.74) is 0. The van der Waals surface area contributed by atoms with Crippen molar-refractivity contribution in [1.82, 2.24) is 0 Å². The number of carbonyl (C=O) groups is 1. The second kappa shape index (κ2) is 6.62. The Bertz CT molecular complexity index is 151. The van der Waals surface area contributed by atoms with Crippen LogP contribution in [0.3, 0.4) is 0 Å². The van der Waals surface area contributed by atoms with Gasteiger partial charge in [0.05, 0.1) is 4.43 Å². The summed E-state index contributed by atoms with van der Waals surface area (Å²) in [6.45, 7) is 0. The molecule has 13 heavy (non-hydrogen) atoms. The smallest absolute Gasteiger partial charge is 0.316 e. The molecule has 3 heteroatoms. The maximum atomic E-state index is 11.0. The zero-order valence-electron chi connectivity index (χ0n) is 7.93. The minimum Gasteiger partial charge on any atom is -0.462 e. The van der Waals surface area contributed by atoms with Crippen LogP contribution in [0, 0.1) is 0 Å². The highest BCUT2D eigenvalue weighted by molar-refractivity contribution is 14.1. The second-order valence-electron chi connectivity index (χ2n) is 3.59. The Morgan fingerprint density at radius 1 is 1.15 bits per heavy atom. The van der Waals surface area contributed by atoms with Crippen LogP contribution >= 0.6 is 22.6 Å². The molecular weight excluding hydrogens is 279 g/mol. The van der Waals surface area contributed by atoms with Crippen molar-refractivity contribution in [1.29, 1.82) is 0 Å². The third-order valence-corrected chi connectivity index (χ3v) is 3.08. The minimum absolute atomic E-state index is 0.0498. The fourth-order valence-corrected chi connectivity index (χ4v) is 1.93. The molecule has 0 radical (unpaired) electrons. The lowest BCUT2D eigenvalue weighted by molar-refractivity contribution is -0.146. The van der Waals surface area contributed by atoms with Crippen LogP contribution in [0.25, 0.3) is 0 Å². The molecule has 76 valence electrons. The van der Waals surface area contributed by atoms with Crippen molar-refractivity contribution in [2.45, 2.75) is 51.0 Å². The summed E-state index contributed by atoms with van der Waals surface area (Å²) in [7, 11) is 0. The number of hydrogen-bond donors (Lipinski definition) is 0. The molecule has 0 heterocycles. The van der Waals surface area contributed by atoms with Gasteiger partial charge in [0.25, 0.3) is 0 Å². The third kappa shape index (κ3) is 4.84. The van der Waals surface area contributed by atoms with Gasteiger partial charge in [0.1, 0.15) is 6.10 Å². The molecule has 2 nitrogen and oxygen atoms in total. The molecule has 0 aromatic carbocycles. The molecule has 0 aromatic heterocycles. The molecule has 0 unspecified atom stereocenters. The van der Waals surface area contributed by atoms with Crippen molar-refractivity contribution < 1.29 is 9.53 Å². The Kier molecular flexibility index (Phi) is 5.75. The summed E-state index contributed by atoms with van der Waals surface area (Å²) in [6, 6.07) is 0. The minimum atomic E-state index is -0.0498. The first kappa shape index (κ1) is 11.3. The van der Waals surface area contributed by atoms with Crippen molar-refractivity contribution in [2.75, 3.05) is 4.43 Å². The van der Waals surface area contributed by atoms with E-state index in [0.29, 0.717) is 4.43 Å². The summed E-state index contributed by atoms with van der Waals surface area (Å²) in [4.78, 5) is 11.0. The van der Waals surface area contributed by atoms with Crippen LogP contribution in [0.5, 0.6) is 0 Å². The zero-order chi connectivity index (χ0) is 9.52. The second-order valence-corrected chi connectivity index (χ2v) is 4.35. The molecule has 0 saturated heterocycles. The summed E-state index contributed by atoms with van der Waals surface area (Å²) in [5, 5.41) is 0. The average Bonchev–Trinajstić information content (AvgIpc) is 2.09. The van der Waals surface area contributed by atoms with Crippen molar-refractivity contribution in [3.63, 3.8) is 0 Å². The lowest BCUT2D eigenvalue weighted by Gasteiger charge is -2.19. The maximum Gasteiger partial charge on any atom is 0.316 e. The Morgan fingerprint density at radius 3 is 2.23 bits per heavy atom. The van der Waals surface area contributed by atoms with E-state index >= 15 is 0 Å². The molecule has 1 rings (SSSR count). The van der Waals surface area contributed by atoms with Gasteiger partial charge in [-0.2, -0.15) is 0 Å². The molecule has 0 amide bonds. The Balaban J connectivity index is 2.25. The number of esters is 1. The standard InChI is InChI=1S/C10H17IO2/c11-8-10(12)13-9-6-4-2-1-3-5-7-9/h9H,1-8H2. The molecule has 0 spiro atoms. The first-order valence-corrected chi connectivity index (χ1v) is 6.61. The maximum absolute atomic E-state index is 11.0. The lowest BCUT2D eigenvalue weighted by atomic mass is 9.99. The topological polar surface area (TPSA) is 26.3 Å². The van der Waals surface area contributed by atoms with E-state index in [1.54, 1.807) is 0 Å². The van der Waals surface area contributed by atoms with Gasteiger partial charge in [-0.3, -0.25) is 4.79 Å². The van der Waals surface area contributed by atoms with E-state index in [1.165, 1.54) is 32.1 Å². The third-order valence-electron chi connectivity index (χ3n) is 2.46. The molecule has 0 N–H and O–H groups in total. The summed E-state index contributed by atoms with van der Waals surface area (Å²) in [5.74, 6) is -0.0498. The first-order chi connectivity index (χ1) is 6.33. The van der Waals surface area contributed by atoms with Crippen molar-refractivity contribution in [3.05, 3.63) is 0 Å². The van der Waals surface area contributed by atoms with E-state index in [-0.39, 0.29) is 12.1 Å². The van der Waals surface area contributed by atoms with E-state index in [2.05, 4.69) is 22.6 Å². The van der Waals surface area contributed by atoms with Gasteiger partial charge < -0.3 is 4.74 Å². The van der Waals surface area contributed by atoms with E-state index < -0.39 is 0 Å². The molecule has 1 aliphatic carbocycles. The molecule has 1 saturated carbocycles. The summed E-state index contributed by atoms with van der Waals surface area (Å²) >= 11 is 2.05. The van der Waals surface area contributed by atoms with Gasteiger partial charge in [-0.25, -0.2) is 0 Å². The number of alkyl halides is 1. The first-order valence-electron chi connectivity index (χ1n) is 5.08. The van der Waals surface area contributed by atoms with Gasteiger partial charge in [-0.1, -0.05) is 41.9 Å². The highest BCUT2D eigenvalue weighted by Crippen LogP contribution is 2.19. The Morgan fingerprint density at radius 2 is 1.69 bits per heavy atom. The van der Waals surface area contributed by atoms with Crippen LogP contribution in [0.15, 0.2) is 0 Å². The largest absolute Gasteiger partial charge is 0.462 e. The molecule has 0 atom stereocenters. The molecule has 1 fully saturated rings. The van der Waals surface area contributed by atoms with Gasteiger partial charge in [0.2, 0.25) is 0 Å². The van der Waals surface area contributed by atoms with E-state index in [0.717, 1.165) is 12.8 Å². The zero-order valence-corrected chi connectivity index (χ0v) is 10.1. The number of halogens is 1. The van der Waals surface area contributed by atoms with Gasteiger partial charge in [0.15, 0.2) is 0 Å². The fourth-order valence-electron chi connectivity index (χ4n) is 1.75. The van der Waals surface area contributed by atoms with Gasteiger partial charge in [-0.05, 0) is 25.7 Å². The number of ether oxygens (including phenoxy) is 1. The van der Waals surface area contributed by atoms with Crippen molar-refractivity contribution in [2.24, 2.45) is 0 Å². The van der Waals surface area contributed by atoms with Crippen LogP contribution in [0.4, 0.5) is 0 Å². The number of hydrogen-bond acceptors (Lipinski definition) is 2. The van der Waals surface area contributed by atoms with Crippen LogP contribution in [-0.2, 0) is 9.53 Å². The van der Waals surface area contributed by atoms with E-state index in [9.17, 15) is 4.79 Å². The monoisotopic (exact) mass is 296 g/mol. The van der Waals surface area contributed by atoms with E-state index in [4.69, 9.17) is 4.74 Å². The van der Waals surface area contributed by atoms with Crippen molar-refractivity contribution in [3.8, 4) is 0 Å². The number of rotatable bonds is 2. The Hall–Kier alpha value is 0.200. The highest BCUT2D eigenvalue weighted by atomic mass is 127. The fraction of sp³-hybridized carbons (Fsp3) is 0.900. The van der Waals surface area contributed by atoms with E-state index in [1.807, 2.05) is 0 Å². The van der Waals surface area contributed by atoms with Crippen LogP contribution < -0.4 is 0 Å². The molecule has 0 aliphatic heterocycles. The SMILES string of the molecule is O=C(CI)OC1CCCCCCC1. The van der Waals surface area contributed by atoms with Crippen molar-refractivity contribution >= 4 is 28.6 Å². The van der Waals surface area contributed by atoms with Crippen LogP contribution in [-0.4, -0.2) is 16.5 Å². The molecule has 0 bridgehead atoms. The lowest BCUT2D eigenvalue weighted by Crippen LogP contribution is -2.19. The highest BCUT2D eigenvalue weighted by Gasteiger charge is 2.14. The molecular formula is C10H17IO2. The average molecular weight is 296 g/mol. The summed E-state index contributed by atoms with van der Waals surface area (Å²) in [6.07, 6.45) is 8.76. The number of carbonyl (C=O) groups excluding carboxylic acids is 1. The van der Waals surface area contributed by atoms with Gasteiger partial charge in [0, 0.05) is 0 Å². The predicted molar refractivity (Wildman–Crippen MR) is 61.1 cm³/mol. The summed E-state index contributed by atoms with van der Waals surface area (Å²) < 4.78 is 5.81. The Labute approximate surface area is 93.6 Å². The van der Waals surface area contributed by atoms with Gasteiger partial charge in [-0.15, -0.1) is 0 Å². The predicted octanol–water partition coefficient (Wildman–Crippen LogP) is 3.08. The molecule has 1 aliphatic rings.